The Hall–Kier alpha value is -2.95. The number of hydrogen-bond acceptors (Lipinski definition) is 4. The smallest absolute Gasteiger partial charge is 0.248 e. The van der Waals surface area contributed by atoms with Gasteiger partial charge in [-0.3, -0.25) is 4.79 Å². The monoisotopic (exact) mass is 341 g/mol. The molecule has 0 saturated heterocycles. The summed E-state index contributed by atoms with van der Waals surface area (Å²) < 4.78 is 15.9. The highest BCUT2D eigenvalue weighted by atomic mass is 16.5. The van der Waals surface area contributed by atoms with Gasteiger partial charge in [0, 0.05) is 17.8 Å². The molecule has 0 fully saturated rings. The number of carbonyl (C=O) groups is 1. The summed E-state index contributed by atoms with van der Waals surface area (Å²) in [5.74, 6) is 1.78. The van der Waals surface area contributed by atoms with Crippen LogP contribution in [0.4, 0.5) is 5.69 Å². The second-order valence-corrected chi connectivity index (χ2v) is 5.31. The first kappa shape index (κ1) is 18.4. The van der Waals surface area contributed by atoms with Crippen molar-refractivity contribution in [2.75, 3.05) is 26.1 Å². The Morgan fingerprint density at radius 2 is 1.76 bits per heavy atom. The van der Waals surface area contributed by atoms with Crippen LogP contribution in [-0.2, 0) is 4.79 Å². The average Bonchev–Trinajstić information content (AvgIpc) is 2.65. The summed E-state index contributed by atoms with van der Waals surface area (Å²) in [5, 5.41) is 2.79. The second-order valence-electron chi connectivity index (χ2n) is 5.31. The quantitative estimate of drug-likeness (QED) is 0.733. The van der Waals surface area contributed by atoms with E-state index in [4.69, 9.17) is 14.2 Å². The van der Waals surface area contributed by atoms with Crippen molar-refractivity contribution in [3.63, 3.8) is 0 Å². The van der Waals surface area contributed by atoms with Gasteiger partial charge < -0.3 is 19.5 Å². The maximum Gasteiger partial charge on any atom is 0.248 e. The van der Waals surface area contributed by atoms with Crippen LogP contribution in [-0.4, -0.2) is 26.7 Å². The van der Waals surface area contributed by atoms with Gasteiger partial charge in [0.15, 0.2) is 11.5 Å². The Morgan fingerprint density at radius 3 is 2.40 bits per heavy atom. The number of methoxy groups -OCH3 is 2. The van der Waals surface area contributed by atoms with Gasteiger partial charge in [0.25, 0.3) is 0 Å². The lowest BCUT2D eigenvalue weighted by Gasteiger charge is -2.09. The number of benzene rings is 2. The molecule has 5 nitrogen and oxygen atoms in total. The van der Waals surface area contributed by atoms with E-state index >= 15 is 0 Å². The minimum Gasteiger partial charge on any atom is -0.494 e. The Morgan fingerprint density at radius 1 is 1.04 bits per heavy atom. The van der Waals surface area contributed by atoms with Crippen LogP contribution in [0.1, 0.15) is 18.9 Å². The molecular weight excluding hydrogens is 318 g/mol. The molecule has 0 aliphatic heterocycles. The van der Waals surface area contributed by atoms with Gasteiger partial charge in [-0.15, -0.1) is 0 Å². The molecule has 0 bridgehead atoms. The standard InChI is InChI=1S/C20H23NO4/c1-4-13-25-17-9-5-15(6-10-17)7-12-20(22)21-16-8-11-18(23-2)19(14-16)24-3/h5-12,14H,4,13H2,1-3H3,(H,21,22). The summed E-state index contributed by atoms with van der Waals surface area (Å²) in [6.07, 6.45) is 4.20. The molecule has 0 saturated carbocycles. The van der Waals surface area contributed by atoms with Crippen LogP contribution >= 0.6 is 0 Å². The van der Waals surface area contributed by atoms with Crippen molar-refractivity contribution in [1.82, 2.24) is 0 Å². The number of rotatable bonds is 8. The molecule has 0 atom stereocenters. The molecule has 0 spiro atoms. The van der Waals surface area contributed by atoms with E-state index in [0.717, 1.165) is 17.7 Å². The molecule has 2 rings (SSSR count). The molecule has 0 unspecified atom stereocenters. The number of anilines is 1. The predicted molar refractivity (Wildman–Crippen MR) is 99.4 cm³/mol. The normalized spacial score (nSPS) is 10.5. The molecule has 25 heavy (non-hydrogen) atoms. The van der Waals surface area contributed by atoms with Crippen molar-refractivity contribution < 1.29 is 19.0 Å². The first-order valence-corrected chi connectivity index (χ1v) is 8.10. The minimum atomic E-state index is -0.224. The van der Waals surface area contributed by atoms with Gasteiger partial charge in [-0.25, -0.2) is 0 Å². The van der Waals surface area contributed by atoms with E-state index in [1.54, 1.807) is 38.5 Å². The Labute approximate surface area is 148 Å². The van der Waals surface area contributed by atoms with E-state index < -0.39 is 0 Å². The van der Waals surface area contributed by atoms with Gasteiger partial charge in [0.1, 0.15) is 5.75 Å². The fourth-order valence-corrected chi connectivity index (χ4v) is 2.16. The molecule has 1 amide bonds. The van der Waals surface area contributed by atoms with Gasteiger partial charge >= 0.3 is 0 Å². The largest absolute Gasteiger partial charge is 0.494 e. The summed E-state index contributed by atoms with van der Waals surface area (Å²) >= 11 is 0. The molecule has 132 valence electrons. The van der Waals surface area contributed by atoms with Crippen LogP contribution in [0.3, 0.4) is 0 Å². The highest BCUT2D eigenvalue weighted by Crippen LogP contribution is 2.29. The van der Waals surface area contributed by atoms with Crippen molar-refractivity contribution in [1.29, 1.82) is 0 Å². The van der Waals surface area contributed by atoms with Crippen molar-refractivity contribution in [3.05, 3.63) is 54.1 Å². The molecule has 0 heterocycles. The summed E-state index contributed by atoms with van der Waals surface area (Å²) in [5.41, 5.74) is 1.56. The third-order valence-corrected chi connectivity index (χ3v) is 3.43. The van der Waals surface area contributed by atoms with Gasteiger partial charge in [0.05, 0.1) is 20.8 Å². The van der Waals surface area contributed by atoms with Gasteiger partial charge in [0.2, 0.25) is 5.91 Å². The predicted octanol–water partition coefficient (Wildman–Crippen LogP) is 4.14. The van der Waals surface area contributed by atoms with E-state index in [1.165, 1.54) is 6.08 Å². The first-order chi connectivity index (χ1) is 12.2. The lowest BCUT2D eigenvalue weighted by atomic mass is 10.2. The lowest BCUT2D eigenvalue weighted by molar-refractivity contribution is -0.111. The summed E-state index contributed by atoms with van der Waals surface area (Å²) in [7, 11) is 3.12. The third-order valence-electron chi connectivity index (χ3n) is 3.43. The topological polar surface area (TPSA) is 56.8 Å². The molecular formula is C20H23NO4. The fourth-order valence-electron chi connectivity index (χ4n) is 2.16. The van der Waals surface area contributed by atoms with Crippen LogP contribution in [0.15, 0.2) is 48.5 Å². The van der Waals surface area contributed by atoms with E-state index in [0.29, 0.717) is 23.8 Å². The van der Waals surface area contributed by atoms with Crippen molar-refractivity contribution in [2.45, 2.75) is 13.3 Å². The number of ether oxygens (including phenoxy) is 3. The van der Waals surface area contributed by atoms with Crippen molar-refractivity contribution >= 4 is 17.7 Å². The number of amides is 1. The third kappa shape index (κ3) is 5.57. The minimum absolute atomic E-state index is 0.224. The van der Waals surface area contributed by atoms with Crippen LogP contribution in [0.5, 0.6) is 17.2 Å². The first-order valence-electron chi connectivity index (χ1n) is 8.10. The summed E-state index contributed by atoms with van der Waals surface area (Å²) in [4.78, 5) is 12.1. The molecule has 0 aliphatic carbocycles. The van der Waals surface area contributed by atoms with E-state index in [2.05, 4.69) is 12.2 Å². The highest BCUT2D eigenvalue weighted by molar-refractivity contribution is 6.02. The highest BCUT2D eigenvalue weighted by Gasteiger charge is 2.05. The molecule has 0 radical (unpaired) electrons. The lowest BCUT2D eigenvalue weighted by Crippen LogP contribution is -2.07. The Kier molecular flexibility index (Phi) is 6.89. The maximum atomic E-state index is 12.1. The fraction of sp³-hybridized carbons (Fsp3) is 0.250. The number of carbonyl (C=O) groups excluding carboxylic acids is 1. The second kappa shape index (κ2) is 9.37. The van der Waals surface area contributed by atoms with E-state index in [9.17, 15) is 4.79 Å². The van der Waals surface area contributed by atoms with Crippen molar-refractivity contribution in [3.8, 4) is 17.2 Å². The Balaban J connectivity index is 1.96. The SMILES string of the molecule is CCCOc1ccc(C=CC(=O)Nc2ccc(OC)c(OC)c2)cc1. The van der Waals surface area contributed by atoms with Crippen LogP contribution in [0.2, 0.25) is 0 Å². The zero-order valence-electron chi connectivity index (χ0n) is 14.7. The zero-order valence-corrected chi connectivity index (χ0v) is 14.7. The molecule has 0 aliphatic rings. The molecule has 5 heteroatoms. The maximum absolute atomic E-state index is 12.1. The van der Waals surface area contributed by atoms with E-state index in [-0.39, 0.29) is 5.91 Å². The molecule has 2 aromatic carbocycles. The summed E-state index contributed by atoms with van der Waals surface area (Å²) in [6, 6.07) is 12.8. The average molecular weight is 341 g/mol. The van der Waals surface area contributed by atoms with E-state index in [1.807, 2.05) is 24.3 Å². The van der Waals surface area contributed by atoms with Crippen LogP contribution in [0.25, 0.3) is 6.08 Å². The number of hydrogen-bond donors (Lipinski definition) is 1. The number of nitrogens with one attached hydrogen (secondary N) is 1. The van der Waals surface area contributed by atoms with Gasteiger partial charge in [-0.2, -0.15) is 0 Å². The molecule has 0 aromatic heterocycles. The van der Waals surface area contributed by atoms with Crippen LogP contribution < -0.4 is 19.5 Å². The molecule has 2 aromatic rings. The Bertz CT molecular complexity index is 723. The van der Waals surface area contributed by atoms with Crippen molar-refractivity contribution in [2.24, 2.45) is 0 Å². The molecule has 1 N–H and O–H groups in total. The zero-order chi connectivity index (χ0) is 18.1. The summed E-state index contributed by atoms with van der Waals surface area (Å²) in [6.45, 7) is 2.76. The van der Waals surface area contributed by atoms with Gasteiger partial charge in [-0.1, -0.05) is 19.1 Å². The van der Waals surface area contributed by atoms with Gasteiger partial charge in [-0.05, 0) is 42.3 Å². The van der Waals surface area contributed by atoms with Crippen LogP contribution in [0, 0.1) is 0 Å².